The van der Waals surface area contributed by atoms with Crippen LogP contribution in [-0.2, 0) is 0 Å². The van der Waals surface area contributed by atoms with Gasteiger partial charge in [-0.2, -0.15) is 0 Å². The summed E-state index contributed by atoms with van der Waals surface area (Å²) in [4.78, 5) is 0. The van der Waals surface area contributed by atoms with Gasteiger partial charge in [0.15, 0.2) is 0 Å². The normalized spacial score (nSPS) is 12.5. The van der Waals surface area contributed by atoms with Crippen LogP contribution in [-0.4, -0.2) is 25.7 Å². The van der Waals surface area contributed by atoms with Gasteiger partial charge in [0.1, 0.15) is 0 Å². The van der Waals surface area contributed by atoms with E-state index in [1.165, 1.54) is 0 Å². The lowest BCUT2D eigenvalue weighted by Crippen LogP contribution is -2.48. The van der Waals surface area contributed by atoms with E-state index in [-0.39, 0.29) is 5.54 Å². The van der Waals surface area contributed by atoms with Crippen LogP contribution in [0.25, 0.3) is 0 Å². The lowest BCUT2D eigenvalue weighted by molar-refractivity contribution is 0.354. The van der Waals surface area contributed by atoms with E-state index in [4.69, 9.17) is 0 Å². The number of nitrogens with one attached hydrogen (secondary N) is 2. The first kappa shape index (κ1) is 10.9. The van der Waals surface area contributed by atoms with Gasteiger partial charge >= 0.3 is 0 Å². The zero-order chi connectivity index (χ0) is 8.91. The van der Waals surface area contributed by atoms with Gasteiger partial charge in [-0.3, -0.25) is 0 Å². The van der Waals surface area contributed by atoms with Crippen molar-refractivity contribution in [2.24, 2.45) is 5.92 Å². The van der Waals surface area contributed by atoms with Crippen LogP contribution in [0.2, 0.25) is 0 Å². The van der Waals surface area contributed by atoms with E-state index in [2.05, 4.69) is 38.3 Å². The largest absolute Gasteiger partial charge is 0.318 e. The fraction of sp³-hybridized carbons (Fsp3) is 1.00. The van der Waals surface area contributed by atoms with Gasteiger partial charge in [0.25, 0.3) is 0 Å². The maximum atomic E-state index is 3.50. The average molecular weight is 158 g/mol. The van der Waals surface area contributed by atoms with E-state index in [1.54, 1.807) is 0 Å². The van der Waals surface area contributed by atoms with Crippen molar-refractivity contribution in [1.82, 2.24) is 10.6 Å². The molecule has 0 fully saturated rings. The maximum absolute atomic E-state index is 3.50. The van der Waals surface area contributed by atoms with Gasteiger partial charge in [-0.25, -0.2) is 0 Å². The molecule has 11 heavy (non-hydrogen) atoms. The van der Waals surface area contributed by atoms with Crippen LogP contribution < -0.4 is 10.6 Å². The highest BCUT2D eigenvalue weighted by Crippen LogP contribution is 2.00. The fourth-order valence-electron chi connectivity index (χ4n) is 0.985. The third kappa shape index (κ3) is 6.32. The highest BCUT2D eigenvalue weighted by Gasteiger charge is 2.14. The standard InChI is InChI=1S/C9H22N2/c1-8(2)6-11-9(3,4)7-10-5/h8,10-11H,6-7H2,1-5H3. The molecule has 0 aromatic carbocycles. The smallest absolute Gasteiger partial charge is 0.0249 e. The summed E-state index contributed by atoms with van der Waals surface area (Å²) in [6.45, 7) is 11.0. The van der Waals surface area contributed by atoms with E-state index in [9.17, 15) is 0 Å². The van der Waals surface area contributed by atoms with Crippen molar-refractivity contribution in [2.75, 3.05) is 20.1 Å². The van der Waals surface area contributed by atoms with Crippen LogP contribution in [0.5, 0.6) is 0 Å². The summed E-state index contributed by atoms with van der Waals surface area (Å²) in [7, 11) is 1.98. The Bertz CT molecular complexity index is 97.7. The van der Waals surface area contributed by atoms with Gasteiger partial charge in [0, 0.05) is 12.1 Å². The first-order valence-electron chi connectivity index (χ1n) is 4.37. The van der Waals surface area contributed by atoms with Crippen molar-refractivity contribution in [3.63, 3.8) is 0 Å². The molecule has 0 saturated heterocycles. The van der Waals surface area contributed by atoms with Crippen molar-refractivity contribution < 1.29 is 0 Å². The molecule has 0 aromatic heterocycles. The minimum Gasteiger partial charge on any atom is -0.318 e. The summed E-state index contributed by atoms with van der Waals surface area (Å²) in [6, 6.07) is 0. The maximum Gasteiger partial charge on any atom is 0.0249 e. The summed E-state index contributed by atoms with van der Waals surface area (Å²) < 4.78 is 0. The van der Waals surface area contributed by atoms with Gasteiger partial charge < -0.3 is 10.6 Å². The molecular weight excluding hydrogens is 136 g/mol. The van der Waals surface area contributed by atoms with E-state index in [0.29, 0.717) is 0 Å². The van der Waals surface area contributed by atoms with E-state index in [1.807, 2.05) is 7.05 Å². The first-order chi connectivity index (χ1) is 4.98. The molecule has 2 heteroatoms. The molecule has 0 rings (SSSR count). The molecule has 0 aliphatic heterocycles. The molecule has 0 radical (unpaired) electrons. The molecule has 0 unspecified atom stereocenters. The molecule has 0 aliphatic carbocycles. The predicted molar refractivity (Wildman–Crippen MR) is 50.8 cm³/mol. The highest BCUT2D eigenvalue weighted by atomic mass is 15.0. The fourth-order valence-corrected chi connectivity index (χ4v) is 0.985. The molecule has 0 bridgehead atoms. The third-order valence-electron chi connectivity index (χ3n) is 1.61. The second-order valence-electron chi connectivity index (χ2n) is 4.19. The SMILES string of the molecule is CNCC(C)(C)NCC(C)C. The van der Waals surface area contributed by atoms with Crippen molar-refractivity contribution in [3.05, 3.63) is 0 Å². The van der Waals surface area contributed by atoms with Crippen molar-refractivity contribution in [3.8, 4) is 0 Å². The summed E-state index contributed by atoms with van der Waals surface area (Å²) in [5.74, 6) is 0.728. The predicted octanol–water partition coefficient (Wildman–Crippen LogP) is 1.23. The minimum absolute atomic E-state index is 0.221. The molecule has 0 atom stereocenters. The molecule has 0 aromatic rings. The highest BCUT2D eigenvalue weighted by molar-refractivity contribution is 4.79. The summed E-state index contributed by atoms with van der Waals surface area (Å²) in [5, 5.41) is 6.67. The number of hydrogen-bond donors (Lipinski definition) is 2. The number of rotatable bonds is 5. The molecule has 0 aliphatic rings. The zero-order valence-corrected chi connectivity index (χ0v) is 8.49. The quantitative estimate of drug-likeness (QED) is 0.629. The van der Waals surface area contributed by atoms with Crippen LogP contribution in [0.1, 0.15) is 27.7 Å². The van der Waals surface area contributed by atoms with Crippen molar-refractivity contribution >= 4 is 0 Å². The summed E-state index contributed by atoms with van der Waals surface area (Å²) in [6.07, 6.45) is 0. The van der Waals surface area contributed by atoms with Crippen LogP contribution in [0.3, 0.4) is 0 Å². The third-order valence-corrected chi connectivity index (χ3v) is 1.61. The molecular formula is C9H22N2. The molecule has 2 N–H and O–H groups in total. The number of hydrogen-bond acceptors (Lipinski definition) is 2. The monoisotopic (exact) mass is 158 g/mol. The molecule has 68 valence electrons. The Labute approximate surface area is 70.8 Å². The molecule has 0 amide bonds. The van der Waals surface area contributed by atoms with Crippen LogP contribution in [0.15, 0.2) is 0 Å². The molecule has 2 nitrogen and oxygen atoms in total. The Kier molecular flexibility index (Phi) is 4.69. The Hall–Kier alpha value is -0.0800. The Morgan fingerprint density at radius 3 is 2.18 bits per heavy atom. The van der Waals surface area contributed by atoms with Crippen molar-refractivity contribution in [2.45, 2.75) is 33.2 Å². The van der Waals surface area contributed by atoms with Crippen LogP contribution in [0, 0.1) is 5.92 Å². The number of likely N-dealkylation sites (N-methyl/N-ethyl adjacent to an activating group) is 1. The molecule has 0 saturated carbocycles. The van der Waals surface area contributed by atoms with Crippen LogP contribution >= 0.6 is 0 Å². The first-order valence-corrected chi connectivity index (χ1v) is 4.37. The Balaban J connectivity index is 3.54. The lowest BCUT2D eigenvalue weighted by Gasteiger charge is -2.27. The van der Waals surface area contributed by atoms with E-state index >= 15 is 0 Å². The topological polar surface area (TPSA) is 24.1 Å². The van der Waals surface area contributed by atoms with Gasteiger partial charge in [-0.05, 0) is 33.4 Å². The Morgan fingerprint density at radius 1 is 1.27 bits per heavy atom. The summed E-state index contributed by atoms with van der Waals surface area (Å²) >= 11 is 0. The van der Waals surface area contributed by atoms with Crippen molar-refractivity contribution in [1.29, 1.82) is 0 Å². The van der Waals surface area contributed by atoms with Gasteiger partial charge in [0.05, 0.1) is 0 Å². The van der Waals surface area contributed by atoms with Crippen LogP contribution in [0.4, 0.5) is 0 Å². The van der Waals surface area contributed by atoms with E-state index < -0.39 is 0 Å². The second kappa shape index (κ2) is 4.73. The van der Waals surface area contributed by atoms with Gasteiger partial charge in [-0.15, -0.1) is 0 Å². The average Bonchev–Trinajstić information content (AvgIpc) is 1.84. The van der Waals surface area contributed by atoms with E-state index in [0.717, 1.165) is 19.0 Å². The Morgan fingerprint density at radius 2 is 1.82 bits per heavy atom. The molecule has 0 spiro atoms. The zero-order valence-electron chi connectivity index (χ0n) is 8.49. The van der Waals surface area contributed by atoms with Gasteiger partial charge in [0.2, 0.25) is 0 Å². The summed E-state index contributed by atoms with van der Waals surface area (Å²) in [5.41, 5.74) is 0.221. The minimum atomic E-state index is 0.221. The lowest BCUT2D eigenvalue weighted by atomic mass is 10.0. The van der Waals surface area contributed by atoms with Gasteiger partial charge in [-0.1, -0.05) is 13.8 Å². The molecule has 0 heterocycles. The second-order valence-corrected chi connectivity index (χ2v) is 4.19.